The number of rotatable bonds is 4. The Hall–Kier alpha value is -1.09. The predicted octanol–water partition coefficient (Wildman–Crippen LogP) is 5.34. The molecule has 0 N–H and O–H groups in total. The van der Waals surface area contributed by atoms with E-state index in [1.54, 1.807) is 32.4 Å². The number of halogens is 3. The predicted molar refractivity (Wildman–Crippen MR) is 83.7 cm³/mol. The Morgan fingerprint density at radius 1 is 0.800 bits per heavy atom. The Labute approximate surface area is 133 Å². The SMILES string of the molecule is COc1ccc(C(Cl)c2cc(Cl)cc(Cl)c2)cc1OC. The van der Waals surface area contributed by atoms with E-state index < -0.39 is 0 Å². The monoisotopic (exact) mass is 330 g/mol. The van der Waals surface area contributed by atoms with Crippen LogP contribution in [0.3, 0.4) is 0 Å². The second-order valence-electron chi connectivity index (χ2n) is 4.18. The Bertz CT molecular complexity index is 594. The molecule has 106 valence electrons. The first kappa shape index (κ1) is 15.3. The van der Waals surface area contributed by atoms with Gasteiger partial charge in [-0.05, 0) is 41.5 Å². The van der Waals surface area contributed by atoms with Gasteiger partial charge < -0.3 is 9.47 Å². The molecule has 0 aliphatic carbocycles. The molecule has 2 aromatic rings. The molecule has 0 bridgehead atoms. The van der Waals surface area contributed by atoms with E-state index in [1.165, 1.54) is 0 Å². The number of alkyl halides is 1. The highest BCUT2D eigenvalue weighted by Crippen LogP contribution is 2.36. The molecule has 0 saturated heterocycles. The third-order valence-electron chi connectivity index (χ3n) is 2.88. The summed E-state index contributed by atoms with van der Waals surface area (Å²) in [7, 11) is 3.17. The van der Waals surface area contributed by atoms with Crippen LogP contribution in [0.25, 0.3) is 0 Å². The van der Waals surface area contributed by atoms with Gasteiger partial charge >= 0.3 is 0 Å². The number of ether oxygens (including phenoxy) is 2. The molecule has 0 fully saturated rings. The van der Waals surface area contributed by atoms with E-state index >= 15 is 0 Å². The Balaban J connectivity index is 2.39. The Kier molecular flexibility index (Phi) is 5.03. The molecular formula is C15H13Cl3O2. The number of benzene rings is 2. The molecule has 5 heteroatoms. The summed E-state index contributed by atoms with van der Waals surface area (Å²) in [5.74, 6) is 1.29. The second-order valence-corrected chi connectivity index (χ2v) is 5.49. The molecule has 20 heavy (non-hydrogen) atoms. The van der Waals surface area contributed by atoms with Gasteiger partial charge in [0, 0.05) is 10.0 Å². The minimum absolute atomic E-state index is 0.369. The van der Waals surface area contributed by atoms with Gasteiger partial charge in [0.1, 0.15) is 0 Å². The third-order valence-corrected chi connectivity index (χ3v) is 3.82. The van der Waals surface area contributed by atoms with E-state index in [-0.39, 0.29) is 5.38 Å². The average molecular weight is 332 g/mol. The van der Waals surface area contributed by atoms with Crippen LogP contribution < -0.4 is 9.47 Å². The van der Waals surface area contributed by atoms with Crippen LogP contribution in [0.15, 0.2) is 36.4 Å². The fourth-order valence-electron chi connectivity index (χ4n) is 1.92. The van der Waals surface area contributed by atoms with Crippen LogP contribution in [0.1, 0.15) is 16.5 Å². The van der Waals surface area contributed by atoms with E-state index in [9.17, 15) is 0 Å². The van der Waals surface area contributed by atoms with Crippen LogP contribution in [0.4, 0.5) is 0 Å². The summed E-state index contributed by atoms with van der Waals surface area (Å²) in [6.07, 6.45) is 0. The number of hydrogen-bond acceptors (Lipinski definition) is 2. The lowest BCUT2D eigenvalue weighted by molar-refractivity contribution is 0.354. The van der Waals surface area contributed by atoms with E-state index in [1.807, 2.05) is 18.2 Å². The van der Waals surface area contributed by atoms with Crippen molar-refractivity contribution in [2.24, 2.45) is 0 Å². The minimum atomic E-state index is -0.369. The van der Waals surface area contributed by atoms with Gasteiger partial charge in [-0.25, -0.2) is 0 Å². The maximum absolute atomic E-state index is 6.49. The fraction of sp³-hybridized carbons (Fsp3) is 0.200. The van der Waals surface area contributed by atoms with Crippen molar-refractivity contribution >= 4 is 34.8 Å². The van der Waals surface area contributed by atoms with Crippen molar-refractivity contribution in [3.63, 3.8) is 0 Å². The summed E-state index contributed by atoms with van der Waals surface area (Å²) in [6, 6.07) is 10.8. The summed E-state index contributed by atoms with van der Waals surface area (Å²) < 4.78 is 10.5. The van der Waals surface area contributed by atoms with Crippen molar-refractivity contribution in [2.75, 3.05) is 14.2 Å². The Morgan fingerprint density at radius 3 is 1.95 bits per heavy atom. The van der Waals surface area contributed by atoms with Gasteiger partial charge in [-0.1, -0.05) is 29.3 Å². The molecule has 0 amide bonds. The average Bonchev–Trinajstić information content (AvgIpc) is 2.44. The molecule has 0 spiro atoms. The highest BCUT2D eigenvalue weighted by atomic mass is 35.5. The second kappa shape index (κ2) is 6.57. The van der Waals surface area contributed by atoms with Crippen LogP contribution in [0.5, 0.6) is 11.5 Å². The zero-order chi connectivity index (χ0) is 14.7. The summed E-state index contributed by atoms with van der Waals surface area (Å²) in [4.78, 5) is 0. The molecule has 0 aromatic heterocycles. The first-order valence-electron chi connectivity index (χ1n) is 5.87. The van der Waals surface area contributed by atoms with Crippen molar-refractivity contribution in [1.29, 1.82) is 0 Å². The van der Waals surface area contributed by atoms with Crippen molar-refractivity contribution in [3.05, 3.63) is 57.6 Å². The third kappa shape index (κ3) is 3.32. The zero-order valence-corrected chi connectivity index (χ0v) is 13.3. The number of hydrogen-bond donors (Lipinski definition) is 0. The summed E-state index contributed by atoms with van der Waals surface area (Å²) in [5, 5.41) is 0.739. The first-order valence-corrected chi connectivity index (χ1v) is 7.06. The largest absolute Gasteiger partial charge is 0.493 e. The van der Waals surface area contributed by atoms with Crippen molar-refractivity contribution < 1.29 is 9.47 Å². The maximum Gasteiger partial charge on any atom is 0.161 e. The summed E-state index contributed by atoms with van der Waals surface area (Å²) >= 11 is 18.5. The quantitative estimate of drug-likeness (QED) is 0.704. The minimum Gasteiger partial charge on any atom is -0.493 e. The molecule has 0 heterocycles. The highest BCUT2D eigenvalue weighted by Gasteiger charge is 2.15. The smallest absolute Gasteiger partial charge is 0.161 e. The lowest BCUT2D eigenvalue weighted by atomic mass is 10.0. The molecule has 2 aromatic carbocycles. The molecule has 2 nitrogen and oxygen atoms in total. The van der Waals surface area contributed by atoms with Crippen molar-refractivity contribution in [3.8, 4) is 11.5 Å². The standard InChI is InChI=1S/C15H13Cl3O2/c1-19-13-4-3-9(7-14(13)20-2)15(18)10-5-11(16)8-12(17)6-10/h3-8,15H,1-2H3. The highest BCUT2D eigenvalue weighted by molar-refractivity contribution is 6.35. The van der Waals surface area contributed by atoms with Gasteiger partial charge in [-0.15, -0.1) is 11.6 Å². The van der Waals surface area contributed by atoms with Gasteiger partial charge in [0.2, 0.25) is 0 Å². The van der Waals surface area contributed by atoms with E-state index in [0.717, 1.165) is 11.1 Å². The van der Waals surface area contributed by atoms with Gasteiger partial charge in [0.05, 0.1) is 19.6 Å². The normalized spacial score (nSPS) is 12.1. The van der Waals surface area contributed by atoms with Gasteiger partial charge in [0.25, 0.3) is 0 Å². The zero-order valence-electron chi connectivity index (χ0n) is 11.0. The van der Waals surface area contributed by atoms with E-state index in [4.69, 9.17) is 44.3 Å². The van der Waals surface area contributed by atoms with Crippen LogP contribution in [-0.2, 0) is 0 Å². The lowest BCUT2D eigenvalue weighted by Gasteiger charge is -2.14. The van der Waals surface area contributed by atoms with Gasteiger partial charge in [-0.2, -0.15) is 0 Å². The van der Waals surface area contributed by atoms with E-state index in [2.05, 4.69) is 0 Å². The van der Waals surface area contributed by atoms with E-state index in [0.29, 0.717) is 21.5 Å². The van der Waals surface area contributed by atoms with Crippen molar-refractivity contribution in [1.82, 2.24) is 0 Å². The van der Waals surface area contributed by atoms with Gasteiger partial charge in [-0.3, -0.25) is 0 Å². The maximum atomic E-state index is 6.49. The van der Waals surface area contributed by atoms with Crippen LogP contribution in [0.2, 0.25) is 10.0 Å². The molecule has 1 unspecified atom stereocenters. The molecule has 1 atom stereocenters. The van der Waals surface area contributed by atoms with Crippen LogP contribution in [-0.4, -0.2) is 14.2 Å². The topological polar surface area (TPSA) is 18.5 Å². The summed E-state index contributed by atoms with van der Waals surface area (Å²) in [5.41, 5.74) is 1.71. The molecule has 0 saturated carbocycles. The first-order chi connectivity index (χ1) is 9.55. The Morgan fingerprint density at radius 2 is 1.40 bits per heavy atom. The fourth-order valence-corrected chi connectivity index (χ4v) is 2.73. The lowest BCUT2D eigenvalue weighted by Crippen LogP contribution is -1.96. The van der Waals surface area contributed by atoms with Gasteiger partial charge in [0.15, 0.2) is 11.5 Å². The van der Waals surface area contributed by atoms with Crippen LogP contribution in [0, 0.1) is 0 Å². The summed E-state index contributed by atoms with van der Waals surface area (Å²) in [6.45, 7) is 0. The van der Waals surface area contributed by atoms with Crippen molar-refractivity contribution in [2.45, 2.75) is 5.38 Å². The molecule has 0 aliphatic rings. The molecular weight excluding hydrogens is 319 g/mol. The molecule has 0 aliphatic heterocycles. The van der Waals surface area contributed by atoms with Crippen LogP contribution >= 0.6 is 34.8 Å². The number of methoxy groups -OCH3 is 2. The molecule has 0 radical (unpaired) electrons. The molecule has 2 rings (SSSR count).